The fourth-order valence-electron chi connectivity index (χ4n) is 4.36. The second kappa shape index (κ2) is 9.80. The molecule has 0 spiro atoms. The van der Waals surface area contributed by atoms with E-state index in [9.17, 15) is 9.59 Å². The minimum atomic E-state index is -0.561. The van der Waals surface area contributed by atoms with E-state index in [2.05, 4.69) is 34.8 Å². The van der Waals surface area contributed by atoms with Gasteiger partial charge >= 0.3 is 5.69 Å². The summed E-state index contributed by atoms with van der Waals surface area (Å²) in [6, 6.07) is 0. The van der Waals surface area contributed by atoms with Crippen molar-refractivity contribution in [3.05, 3.63) is 39.6 Å². The smallest absolute Gasteiger partial charge is 0.325 e. The van der Waals surface area contributed by atoms with Crippen LogP contribution in [0.4, 0.5) is 5.82 Å². The summed E-state index contributed by atoms with van der Waals surface area (Å²) in [6.07, 6.45) is 9.58. The van der Waals surface area contributed by atoms with Gasteiger partial charge in [-0.1, -0.05) is 6.42 Å². The van der Waals surface area contributed by atoms with Crippen molar-refractivity contribution in [3.8, 4) is 5.69 Å². The summed E-state index contributed by atoms with van der Waals surface area (Å²) in [4.78, 5) is 41.4. The Hall–Kier alpha value is -2.76. The van der Waals surface area contributed by atoms with E-state index >= 15 is 0 Å². The number of likely N-dealkylation sites (tertiary alicyclic amines) is 1. The Morgan fingerprint density at radius 1 is 1.12 bits per heavy atom. The summed E-state index contributed by atoms with van der Waals surface area (Å²) < 4.78 is 7.56. The lowest BCUT2D eigenvalue weighted by atomic mass is 10.1. The lowest BCUT2D eigenvalue weighted by Crippen LogP contribution is -2.34. The molecule has 1 atom stereocenters. The molecular weight excluding hydrogens is 436 g/mol. The van der Waals surface area contributed by atoms with Crippen molar-refractivity contribution >= 4 is 29.3 Å². The van der Waals surface area contributed by atoms with Gasteiger partial charge < -0.3 is 19.5 Å². The first-order valence-electron chi connectivity index (χ1n) is 10.8. The van der Waals surface area contributed by atoms with Crippen molar-refractivity contribution in [3.63, 3.8) is 0 Å². The van der Waals surface area contributed by atoms with Gasteiger partial charge in [-0.05, 0) is 32.4 Å². The van der Waals surface area contributed by atoms with Crippen LogP contribution in [-0.4, -0.2) is 80.1 Å². The minimum absolute atomic E-state index is 0. The molecule has 11 nitrogen and oxygen atoms in total. The van der Waals surface area contributed by atoms with Crippen molar-refractivity contribution in [1.82, 2.24) is 34.6 Å². The molecule has 32 heavy (non-hydrogen) atoms. The molecular formula is C20H27ClN8O3. The molecule has 5 rings (SSSR count). The fraction of sp³-hybridized carbons (Fsp3) is 0.550. The summed E-state index contributed by atoms with van der Waals surface area (Å²) in [5, 5.41) is 5.14. The van der Waals surface area contributed by atoms with Gasteiger partial charge in [0.15, 0.2) is 5.65 Å². The highest BCUT2D eigenvalue weighted by molar-refractivity contribution is 5.86. The first-order valence-corrected chi connectivity index (χ1v) is 10.8. The molecule has 3 aromatic rings. The fourth-order valence-corrected chi connectivity index (χ4v) is 4.36. The number of aromatic amines is 2. The zero-order valence-electron chi connectivity index (χ0n) is 17.7. The molecule has 12 heteroatoms. The van der Waals surface area contributed by atoms with Gasteiger partial charge in [0, 0.05) is 32.0 Å². The summed E-state index contributed by atoms with van der Waals surface area (Å²) in [5.41, 5.74) is -0.377. The third-order valence-electron chi connectivity index (χ3n) is 6.00. The SMILES string of the molecule is Cl.O=c1[nH]cc(-n2cc3c(N4CCC(OCCN5CCCCC5)C4)ncnc3n2)c(=O)[nH]1. The zero-order valence-corrected chi connectivity index (χ0v) is 18.5. The Labute approximate surface area is 190 Å². The minimum Gasteiger partial charge on any atom is -0.375 e. The largest absolute Gasteiger partial charge is 0.375 e. The second-order valence-electron chi connectivity index (χ2n) is 8.10. The van der Waals surface area contributed by atoms with Crippen LogP contribution in [0.1, 0.15) is 25.7 Å². The molecule has 2 aliphatic rings. The number of aromatic nitrogens is 6. The quantitative estimate of drug-likeness (QED) is 0.548. The summed E-state index contributed by atoms with van der Waals surface area (Å²) >= 11 is 0. The number of ether oxygens (including phenoxy) is 1. The second-order valence-corrected chi connectivity index (χ2v) is 8.10. The van der Waals surface area contributed by atoms with E-state index in [1.54, 1.807) is 6.20 Å². The predicted molar refractivity (Wildman–Crippen MR) is 122 cm³/mol. The molecule has 2 aliphatic heterocycles. The van der Waals surface area contributed by atoms with Crippen LogP contribution in [-0.2, 0) is 4.74 Å². The average Bonchev–Trinajstić information content (AvgIpc) is 3.41. The van der Waals surface area contributed by atoms with Crippen molar-refractivity contribution < 1.29 is 4.74 Å². The van der Waals surface area contributed by atoms with Crippen molar-refractivity contribution in [2.24, 2.45) is 0 Å². The summed E-state index contributed by atoms with van der Waals surface area (Å²) in [5.74, 6) is 0.777. The third kappa shape index (κ3) is 4.69. The molecule has 2 fully saturated rings. The van der Waals surface area contributed by atoms with Gasteiger partial charge in [0.2, 0.25) is 0 Å². The lowest BCUT2D eigenvalue weighted by Gasteiger charge is -2.26. The topological polar surface area (TPSA) is 125 Å². The number of fused-ring (bicyclic) bond motifs is 1. The van der Waals surface area contributed by atoms with Gasteiger partial charge in [0.1, 0.15) is 17.8 Å². The molecule has 5 heterocycles. The summed E-state index contributed by atoms with van der Waals surface area (Å²) in [7, 11) is 0. The molecule has 1 unspecified atom stereocenters. The van der Waals surface area contributed by atoms with Crippen molar-refractivity contribution in [2.45, 2.75) is 31.8 Å². The normalized spacial score (nSPS) is 19.4. The van der Waals surface area contributed by atoms with Gasteiger partial charge in [-0.15, -0.1) is 17.5 Å². The van der Waals surface area contributed by atoms with Crippen molar-refractivity contribution in [2.75, 3.05) is 44.2 Å². The molecule has 0 aromatic carbocycles. The maximum Gasteiger partial charge on any atom is 0.325 e. The van der Waals surface area contributed by atoms with E-state index in [0.717, 1.165) is 43.9 Å². The molecule has 3 aromatic heterocycles. The molecule has 0 saturated carbocycles. The maximum atomic E-state index is 12.1. The Balaban J connectivity index is 0.00000245. The molecule has 172 valence electrons. The highest BCUT2D eigenvalue weighted by atomic mass is 35.5. The summed E-state index contributed by atoms with van der Waals surface area (Å²) in [6.45, 7) is 5.71. The number of rotatable bonds is 6. The van der Waals surface area contributed by atoms with E-state index in [1.807, 2.05) is 0 Å². The molecule has 2 saturated heterocycles. The number of nitrogens with one attached hydrogen (secondary N) is 2. The predicted octanol–water partition coefficient (Wildman–Crippen LogP) is 0.695. The van der Waals surface area contributed by atoms with Gasteiger partial charge in [-0.2, -0.15) is 0 Å². The molecule has 0 amide bonds. The number of hydrogen-bond donors (Lipinski definition) is 2. The van der Waals surface area contributed by atoms with Crippen LogP contribution in [0.3, 0.4) is 0 Å². The number of nitrogens with zero attached hydrogens (tertiary/aromatic N) is 6. The molecule has 0 radical (unpaired) electrons. The van der Waals surface area contributed by atoms with Gasteiger partial charge in [0.05, 0.1) is 18.1 Å². The first-order chi connectivity index (χ1) is 15.2. The van der Waals surface area contributed by atoms with Crippen LogP contribution < -0.4 is 16.1 Å². The lowest BCUT2D eigenvalue weighted by molar-refractivity contribution is 0.0467. The molecule has 2 N–H and O–H groups in total. The van der Waals surface area contributed by atoms with E-state index in [1.165, 1.54) is 49.6 Å². The van der Waals surface area contributed by atoms with E-state index in [4.69, 9.17) is 4.74 Å². The van der Waals surface area contributed by atoms with Gasteiger partial charge in [-0.3, -0.25) is 9.78 Å². The average molecular weight is 463 g/mol. The molecule has 0 aliphatic carbocycles. The van der Waals surface area contributed by atoms with Crippen molar-refractivity contribution in [1.29, 1.82) is 0 Å². The highest BCUT2D eigenvalue weighted by Gasteiger charge is 2.26. The maximum absolute atomic E-state index is 12.1. The van der Waals surface area contributed by atoms with Crippen LogP contribution in [0.2, 0.25) is 0 Å². The molecule has 0 bridgehead atoms. The van der Waals surface area contributed by atoms with Crippen LogP contribution in [0, 0.1) is 0 Å². The Bertz CT molecular complexity index is 1170. The first kappa shape index (κ1) is 22.4. The Morgan fingerprint density at radius 2 is 1.97 bits per heavy atom. The Morgan fingerprint density at radius 3 is 2.78 bits per heavy atom. The number of hydrogen-bond acceptors (Lipinski definition) is 8. The van der Waals surface area contributed by atoms with Crippen LogP contribution in [0.25, 0.3) is 16.7 Å². The van der Waals surface area contributed by atoms with Gasteiger partial charge in [-0.25, -0.2) is 19.4 Å². The van der Waals surface area contributed by atoms with Gasteiger partial charge in [0.25, 0.3) is 5.56 Å². The number of H-pyrrole nitrogens is 2. The zero-order chi connectivity index (χ0) is 21.2. The van der Waals surface area contributed by atoms with E-state index in [0.29, 0.717) is 5.65 Å². The van der Waals surface area contributed by atoms with E-state index < -0.39 is 11.2 Å². The van der Waals surface area contributed by atoms with Crippen LogP contribution in [0.15, 0.2) is 28.3 Å². The van der Waals surface area contributed by atoms with Crippen LogP contribution >= 0.6 is 12.4 Å². The van der Waals surface area contributed by atoms with E-state index in [-0.39, 0.29) is 24.2 Å². The highest BCUT2D eigenvalue weighted by Crippen LogP contribution is 2.27. The van der Waals surface area contributed by atoms with Crippen LogP contribution in [0.5, 0.6) is 0 Å². The Kier molecular flexibility index (Phi) is 6.87. The number of piperidine rings is 1. The third-order valence-corrected chi connectivity index (χ3v) is 6.00. The number of halogens is 1. The standard InChI is InChI=1S/C20H26N8O3.ClH/c29-19-16(10-21-20(30)24-19)28-12-15-17(25-28)22-13-23-18(15)27-7-4-14(11-27)31-9-8-26-5-2-1-3-6-26;/h10,12-14H,1-9,11H2,(H2,21,24,29,30);1H. The monoisotopic (exact) mass is 462 g/mol. The number of anilines is 1.